The number of piperazine rings is 1. The second-order valence-electron chi connectivity index (χ2n) is 8.33. The van der Waals surface area contributed by atoms with Crippen molar-refractivity contribution in [1.29, 1.82) is 0 Å². The topological polar surface area (TPSA) is 123 Å². The Kier molecular flexibility index (Phi) is 6.66. The van der Waals surface area contributed by atoms with Gasteiger partial charge in [-0.3, -0.25) is 0 Å². The SMILES string of the molecule is COc1ccc(S(=O)(=O)N2C[C@@H](C)N(S(=O)(=O)c3ccc4oc(=O)ccc4c3)[C@@H](C)C2)cc1OC. The van der Waals surface area contributed by atoms with Crippen LogP contribution >= 0.6 is 0 Å². The van der Waals surface area contributed by atoms with Crippen molar-refractivity contribution in [2.75, 3.05) is 27.3 Å². The highest BCUT2D eigenvalue weighted by Crippen LogP contribution is 2.33. The van der Waals surface area contributed by atoms with Gasteiger partial charge in [0.1, 0.15) is 5.58 Å². The Hall–Kier alpha value is -2.93. The van der Waals surface area contributed by atoms with E-state index < -0.39 is 37.8 Å². The van der Waals surface area contributed by atoms with Crippen LogP contribution in [0.15, 0.2) is 67.5 Å². The number of nitrogens with zero attached hydrogens (tertiary/aromatic N) is 2. The van der Waals surface area contributed by atoms with Crippen molar-refractivity contribution in [2.45, 2.75) is 35.7 Å². The van der Waals surface area contributed by atoms with Gasteiger partial charge < -0.3 is 13.9 Å². The Bertz CT molecular complexity index is 1520. The minimum absolute atomic E-state index is 0.0251. The highest BCUT2D eigenvalue weighted by Gasteiger charge is 2.42. The van der Waals surface area contributed by atoms with Gasteiger partial charge >= 0.3 is 5.63 Å². The molecule has 0 amide bonds. The first-order chi connectivity index (χ1) is 16.5. The molecule has 1 saturated heterocycles. The van der Waals surface area contributed by atoms with E-state index in [9.17, 15) is 21.6 Å². The van der Waals surface area contributed by atoms with Crippen LogP contribution in [-0.2, 0) is 20.0 Å². The molecule has 2 aromatic carbocycles. The molecule has 0 bridgehead atoms. The summed E-state index contributed by atoms with van der Waals surface area (Å²) in [5, 5.41) is 0.473. The van der Waals surface area contributed by atoms with Crippen LogP contribution < -0.4 is 15.1 Å². The lowest BCUT2D eigenvalue weighted by Gasteiger charge is -2.42. The molecule has 1 aliphatic heterocycles. The highest BCUT2D eigenvalue weighted by atomic mass is 32.2. The summed E-state index contributed by atoms with van der Waals surface area (Å²) in [5.74, 6) is 0.682. The van der Waals surface area contributed by atoms with Crippen LogP contribution in [0.1, 0.15) is 13.8 Å². The number of benzene rings is 2. The Morgan fingerprint density at radius 3 is 2.03 bits per heavy atom. The minimum atomic E-state index is -3.96. The Morgan fingerprint density at radius 1 is 0.800 bits per heavy atom. The number of ether oxygens (including phenoxy) is 2. The Morgan fingerprint density at radius 2 is 1.40 bits per heavy atom. The number of fused-ring (bicyclic) bond motifs is 1. The van der Waals surface area contributed by atoms with E-state index in [0.717, 1.165) is 0 Å². The van der Waals surface area contributed by atoms with E-state index in [-0.39, 0.29) is 34.2 Å². The maximum absolute atomic E-state index is 13.5. The zero-order valence-electron chi connectivity index (χ0n) is 19.7. The van der Waals surface area contributed by atoms with Crippen molar-refractivity contribution in [3.8, 4) is 11.5 Å². The molecule has 1 aliphatic rings. The van der Waals surface area contributed by atoms with Crippen LogP contribution in [0.2, 0.25) is 0 Å². The maximum atomic E-state index is 13.5. The van der Waals surface area contributed by atoms with E-state index in [4.69, 9.17) is 13.9 Å². The fourth-order valence-electron chi connectivity index (χ4n) is 4.39. The molecule has 0 spiro atoms. The summed E-state index contributed by atoms with van der Waals surface area (Å²) in [5.41, 5.74) is -0.245. The van der Waals surface area contributed by atoms with Gasteiger partial charge in [-0.15, -0.1) is 0 Å². The number of methoxy groups -OCH3 is 2. The summed E-state index contributed by atoms with van der Waals surface area (Å²) in [6.07, 6.45) is 0. The molecule has 10 nitrogen and oxygen atoms in total. The molecule has 0 aliphatic carbocycles. The zero-order chi connectivity index (χ0) is 25.5. The molecule has 0 unspecified atom stereocenters. The standard InChI is InChI=1S/C23H26N2O8S2/c1-15-13-24(34(27,28)19-7-9-21(31-3)22(12-19)32-4)14-16(2)25(15)35(29,30)18-6-8-20-17(11-18)5-10-23(26)33-20/h5-12,15-16H,13-14H2,1-4H3/t15-,16+. The molecule has 35 heavy (non-hydrogen) atoms. The summed E-state index contributed by atoms with van der Waals surface area (Å²) >= 11 is 0. The van der Waals surface area contributed by atoms with Crippen molar-refractivity contribution in [3.05, 3.63) is 59.0 Å². The highest BCUT2D eigenvalue weighted by molar-refractivity contribution is 7.89. The van der Waals surface area contributed by atoms with Gasteiger partial charge in [-0.05, 0) is 50.2 Å². The fourth-order valence-corrected chi connectivity index (χ4v) is 7.85. The van der Waals surface area contributed by atoms with Crippen molar-refractivity contribution in [2.24, 2.45) is 0 Å². The third-order valence-corrected chi connectivity index (χ3v) is 9.92. The predicted octanol–water partition coefficient (Wildman–Crippen LogP) is 2.28. The smallest absolute Gasteiger partial charge is 0.336 e. The molecule has 0 N–H and O–H groups in total. The maximum Gasteiger partial charge on any atom is 0.336 e. The molecular formula is C23H26N2O8S2. The monoisotopic (exact) mass is 522 g/mol. The van der Waals surface area contributed by atoms with E-state index in [2.05, 4.69) is 0 Å². The van der Waals surface area contributed by atoms with Gasteiger partial charge in [0.2, 0.25) is 20.0 Å². The molecule has 2 atom stereocenters. The molecule has 1 aromatic heterocycles. The Balaban J connectivity index is 1.63. The second kappa shape index (κ2) is 9.26. The van der Waals surface area contributed by atoms with Crippen LogP contribution in [0.4, 0.5) is 0 Å². The van der Waals surface area contributed by atoms with Crippen LogP contribution in [0.25, 0.3) is 11.0 Å². The minimum Gasteiger partial charge on any atom is -0.493 e. The molecule has 3 aromatic rings. The van der Waals surface area contributed by atoms with Crippen LogP contribution in [-0.4, -0.2) is 64.8 Å². The number of hydrogen-bond acceptors (Lipinski definition) is 8. The number of sulfonamides is 2. The molecule has 12 heteroatoms. The average Bonchev–Trinajstić information content (AvgIpc) is 2.82. The van der Waals surface area contributed by atoms with Gasteiger partial charge in [0.05, 0.1) is 24.0 Å². The molecule has 0 saturated carbocycles. The summed E-state index contributed by atoms with van der Waals surface area (Å²) in [7, 11) is -5.00. The number of rotatable bonds is 6. The van der Waals surface area contributed by atoms with Gasteiger partial charge in [0.25, 0.3) is 0 Å². The van der Waals surface area contributed by atoms with E-state index in [1.807, 2.05) is 0 Å². The van der Waals surface area contributed by atoms with Crippen molar-refractivity contribution in [3.63, 3.8) is 0 Å². The van der Waals surface area contributed by atoms with Crippen molar-refractivity contribution in [1.82, 2.24) is 8.61 Å². The van der Waals surface area contributed by atoms with E-state index in [0.29, 0.717) is 11.1 Å². The quantitative estimate of drug-likeness (QED) is 0.452. The largest absolute Gasteiger partial charge is 0.493 e. The lowest BCUT2D eigenvalue weighted by Crippen LogP contribution is -2.59. The van der Waals surface area contributed by atoms with Crippen LogP contribution in [0, 0.1) is 0 Å². The second-order valence-corrected chi connectivity index (χ2v) is 12.1. The molecule has 0 radical (unpaired) electrons. The molecule has 1 fully saturated rings. The average molecular weight is 523 g/mol. The summed E-state index contributed by atoms with van der Waals surface area (Å²) in [6.45, 7) is 3.29. The van der Waals surface area contributed by atoms with Crippen LogP contribution in [0.5, 0.6) is 11.5 Å². The summed E-state index contributed by atoms with van der Waals surface area (Å²) in [4.78, 5) is 11.5. The summed E-state index contributed by atoms with van der Waals surface area (Å²) < 4.78 is 71.9. The third kappa shape index (κ3) is 4.54. The molecule has 2 heterocycles. The Labute approximate surface area is 203 Å². The van der Waals surface area contributed by atoms with Crippen LogP contribution in [0.3, 0.4) is 0 Å². The van der Waals surface area contributed by atoms with Gasteiger partial charge in [0.15, 0.2) is 11.5 Å². The molecule has 4 rings (SSSR count). The third-order valence-electron chi connectivity index (χ3n) is 5.96. The van der Waals surface area contributed by atoms with Gasteiger partial charge in [-0.25, -0.2) is 21.6 Å². The predicted molar refractivity (Wildman–Crippen MR) is 129 cm³/mol. The van der Waals surface area contributed by atoms with Gasteiger partial charge in [-0.1, -0.05) is 0 Å². The summed E-state index contributed by atoms with van der Waals surface area (Å²) in [6, 6.07) is 10.1. The van der Waals surface area contributed by atoms with Gasteiger partial charge in [-0.2, -0.15) is 8.61 Å². The molecular weight excluding hydrogens is 496 g/mol. The first-order valence-corrected chi connectivity index (χ1v) is 13.7. The lowest BCUT2D eigenvalue weighted by molar-refractivity contribution is 0.159. The van der Waals surface area contributed by atoms with E-state index in [1.54, 1.807) is 13.8 Å². The van der Waals surface area contributed by atoms with Gasteiger partial charge in [0, 0.05) is 42.7 Å². The number of hydrogen-bond donors (Lipinski definition) is 0. The molecule has 188 valence electrons. The van der Waals surface area contributed by atoms with E-state index >= 15 is 0 Å². The first kappa shape index (κ1) is 25.2. The van der Waals surface area contributed by atoms with Crippen molar-refractivity contribution < 1.29 is 30.7 Å². The normalized spacial score (nSPS) is 20.1. The zero-order valence-corrected chi connectivity index (χ0v) is 21.3. The van der Waals surface area contributed by atoms with E-state index in [1.165, 1.54) is 71.4 Å². The lowest BCUT2D eigenvalue weighted by atomic mass is 10.2. The first-order valence-electron chi connectivity index (χ1n) is 10.8. The fraction of sp³-hybridized carbons (Fsp3) is 0.348. The van der Waals surface area contributed by atoms with Crippen molar-refractivity contribution >= 4 is 31.0 Å².